The molecule has 0 N–H and O–H groups in total. The second kappa shape index (κ2) is 4.74. The van der Waals surface area contributed by atoms with Crippen LogP contribution in [-0.2, 0) is 9.84 Å². The molecule has 0 aliphatic carbocycles. The van der Waals surface area contributed by atoms with E-state index in [4.69, 9.17) is 14.5 Å². The van der Waals surface area contributed by atoms with E-state index in [0.29, 0.717) is 11.3 Å². The van der Waals surface area contributed by atoms with Crippen LogP contribution in [0.5, 0.6) is 5.75 Å². The zero-order chi connectivity index (χ0) is 14.0. The summed E-state index contributed by atoms with van der Waals surface area (Å²) in [4.78, 5) is 0. The van der Waals surface area contributed by atoms with Gasteiger partial charge in [0.1, 0.15) is 17.4 Å². The van der Waals surface area contributed by atoms with Crippen LogP contribution in [0.4, 0.5) is 0 Å². The van der Waals surface area contributed by atoms with E-state index in [-0.39, 0.29) is 16.3 Å². The van der Waals surface area contributed by atoms with Gasteiger partial charge < -0.3 is 9.26 Å². The lowest BCUT2D eigenvalue weighted by Gasteiger charge is -2.01. The molecule has 6 nitrogen and oxygen atoms in total. The van der Waals surface area contributed by atoms with Gasteiger partial charge in [0.2, 0.25) is 5.03 Å². The van der Waals surface area contributed by atoms with Gasteiger partial charge in [-0.15, -0.1) is 0 Å². The normalized spacial score (nSPS) is 11.0. The molecular formula is C12H10N2O4S. The maximum absolute atomic E-state index is 11.5. The molecule has 0 aliphatic rings. The number of sulfone groups is 1. The van der Waals surface area contributed by atoms with Crippen molar-refractivity contribution in [2.75, 3.05) is 13.4 Å². The number of aromatic nitrogens is 1. The lowest BCUT2D eigenvalue weighted by atomic mass is 10.1. The number of hydrogen-bond donors (Lipinski definition) is 0. The highest BCUT2D eigenvalue weighted by Gasteiger charge is 2.24. The van der Waals surface area contributed by atoms with Crippen LogP contribution in [0, 0.1) is 11.3 Å². The number of ether oxygens (including phenoxy) is 1. The van der Waals surface area contributed by atoms with E-state index in [1.807, 2.05) is 6.07 Å². The summed E-state index contributed by atoms with van der Waals surface area (Å²) < 4.78 is 33.0. The van der Waals surface area contributed by atoms with Crippen molar-refractivity contribution in [3.63, 3.8) is 0 Å². The van der Waals surface area contributed by atoms with E-state index >= 15 is 0 Å². The van der Waals surface area contributed by atoms with Crippen LogP contribution in [0.2, 0.25) is 0 Å². The molecule has 2 rings (SSSR count). The molecule has 2 aromatic rings. The van der Waals surface area contributed by atoms with E-state index in [1.54, 1.807) is 24.3 Å². The number of rotatable bonds is 3. The van der Waals surface area contributed by atoms with Crippen LogP contribution in [-0.4, -0.2) is 26.9 Å². The Morgan fingerprint density at radius 2 is 2.16 bits per heavy atom. The maximum Gasteiger partial charge on any atom is 0.216 e. The Kier molecular flexibility index (Phi) is 3.27. The second-order valence-electron chi connectivity index (χ2n) is 3.81. The van der Waals surface area contributed by atoms with Gasteiger partial charge >= 0.3 is 0 Å². The van der Waals surface area contributed by atoms with Gasteiger partial charge in [-0.05, 0) is 12.1 Å². The first-order valence-corrected chi connectivity index (χ1v) is 7.10. The summed E-state index contributed by atoms with van der Waals surface area (Å²) in [5, 5.41) is 12.2. The lowest BCUT2D eigenvalue weighted by molar-refractivity contribution is 0.408. The Balaban J connectivity index is 2.64. The first-order valence-electron chi connectivity index (χ1n) is 5.21. The Bertz CT molecular complexity index is 756. The van der Waals surface area contributed by atoms with Gasteiger partial charge in [-0.3, -0.25) is 0 Å². The van der Waals surface area contributed by atoms with Crippen molar-refractivity contribution in [3.05, 3.63) is 29.8 Å². The minimum absolute atomic E-state index is 0.101. The first-order chi connectivity index (χ1) is 8.97. The van der Waals surface area contributed by atoms with Crippen LogP contribution in [0.25, 0.3) is 11.3 Å². The molecule has 0 bridgehead atoms. The van der Waals surface area contributed by atoms with Crippen molar-refractivity contribution in [2.45, 2.75) is 5.03 Å². The van der Waals surface area contributed by atoms with Gasteiger partial charge in [0, 0.05) is 11.8 Å². The quantitative estimate of drug-likeness (QED) is 0.847. The van der Waals surface area contributed by atoms with Crippen LogP contribution >= 0.6 is 0 Å². The molecule has 0 fully saturated rings. The Labute approximate surface area is 110 Å². The predicted octanol–water partition coefficient (Wildman–Crippen LogP) is 1.63. The molecule has 1 heterocycles. The topological polar surface area (TPSA) is 93.2 Å². The number of methoxy groups -OCH3 is 1. The molecule has 0 saturated heterocycles. The number of hydrogen-bond acceptors (Lipinski definition) is 6. The van der Waals surface area contributed by atoms with Crippen molar-refractivity contribution in [2.24, 2.45) is 0 Å². The summed E-state index contributed by atoms with van der Waals surface area (Å²) in [6, 6.07) is 8.55. The molecule has 0 atom stereocenters. The highest BCUT2D eigenvalue weighted by Crippen LogP contribution is 2.30. The van der Waals surface area contributed by atoms with Gasteiger partial charge in [0.15, 0.2) is 15.6 Å². The summed E-state index contributed by atoms with van der Waals surface area (Å²) in [5.41, 5.74) is 0.425. The molecule has 7 heteroatoms. The fourth-order valence-corrected chi connectivity index (χ4v) is 2.27. The largest absolute Gasteiger partial charge is 0.497 e. The van der Waals surface area contributed by atoms with Gasteiger partial charge in [-0.25, -0.2) is 8.42 Å². The molecule has 0 aliphatic heterocycles. The summed E-state index contributed by atoms with van der Waals surface area (Å²) in [5.74, 6) is 0.681. The Morgan fingerprint density at radius 3 is 2.74 bits per heavy atom. The smallest absolute Gasteiger partial charge is 0.216 e. The van der Waals surface area contributed by atoms with Crippen LogP contribution in [0.3, 0.4) is 0 Å². The number of benzene rings is 1. The van der Waals surface area contributed by atoms with E-state index in [2.05, 4.69) is 5.16 Å². The third-order valence-electron chi connectivity index (χ3n) is 2.46. The fraction of sp³-hybridized carbons (Fsp3) is 0.167. The molecule has 0 amide bonds. The summed E-state index contributed by atoms with van der Waals surface area (Å²) in [7, 11) is -2.10. The van der Waals surface area contributed by atoms with Crippen molar-refractivity contribution < 1.29 is 17.7 Å². The summed E-state index contributed by atoms with van der Waals surface area (Å²) >= 11 is 0. The number of nitriles is 1. The zero-order valence-electron chi connectivity index (χ0n) is 10.2. The van der Waals surface area contributed by atoms with E-state index in [1.165, 1.54) is 7.11 Å². The minimum Gasteiger partial charge on any atom is -0.497 e. The van der Waals surface area contributed by atoms with Gasteiger partial charge in [-0.2, -0.15) is 5.26 Å². The highest BCUT2D eigenvalue weighted by molar-refractivity contribution is 7.90. The molecule has 0 unspecified atom stereocenters. The average molecular weight is 278 g/mol. The molecule has 0 saturated carbocycles. The Hall–Kier alpha value is -2.33. The van der Waals surface area contributed by atoms with E-state index in [9.17, 15) is 8.42 Å². The second-order valence-corrected chi connectivity index (χ2v) is 5.74. The summed E-state index contributed by atoms with van der Waals surface area (Å²) in [6.45, 7) is 0. The maximum atomic E-state index is 11.5. The van der Waals surface area contributed by atoms with Crippen molar-refractivity contribution in [3.8, 4) is 23.1 Å². The third-order valence-corrected chi connectivity index (χ3v) is 3.44. The fourth-order valence-electron chi connectivity index (χ4n) is 1.59. The molecule has 19 heavy (non-hydrogen) atoms. The monoisotopic (exact) mass is 278 g/mol. The van der Waals surface area contributed by atoms with Gasteiger partial charge in [0.25, 0.3) is 0 Å². The molecular weight excluding hydrogens is 268 g/mol. The zero-order valence-corrected chi connectivity index (χ0v) is 11.1. The van der Waals surface area contributed by atoms with E-state index in [0.717, 1.165) is 6.26 Å². The van der Waals surface area contributed by atoms with Crippen LogP contribution in [0.15, 0.2) is 33.8 Å². The van der Waals surface area contributed by atoms with Crippen molar-refractivity contribution in [1.82, 2.24) is 5.16 Å². The molecule has 0 spiro atoms. The van der Waals surface area contributed by atoms with Crippen molar-refractivity contribution >= 4 is 9.84 Å². The summed E-state index contributed by atoms with van der Waals surface area (Å²) in [6.07, 6.45) is 0.973. The first kappa shape index (κ1) is 13.1. The van der Waals surface area contributed by atoms with Crippen LogP contribution in [0.1, 0.15) is 5.56 Å². The number of nitrogens with zero attached hydrogens (tertiary/aromatic N) is 2. The molecule has 1 aromatic heterocycles. The Morgan fingerprint density at radius 1 is 1.42 bits per heavy atom. The standard InChI is InChI=1S/C12H10N2O4S/c1-17-9-5-3-4-8(6-9)11-10(7-13)12(14-18-11)19(2,15)16/h3-6H,1-2H3. The predicted molar refractivity (Wildman–Crippen MR) is 66.3 cm³/mol. The highest BCUT2D eigenvalue weighted by atomic mass is 32.2. The minimum atomic E-state index is -3.61. The van der Waals surface area contributed by atoms with E-state index < -0.39 is 9.84 Å². The van der Waals surface area contributed by atoms with Crippen molar-refractivity contribution in [1.29, 1.82) is 5.26 Å². The molecule has 1 aromatic carbocycles. The van der Waals surface area contributed by atoms with Gasteiger partial charge in [0.05, 0.1) is 7.11 Å². The third kappa shape index (κ3) is 2.44. The molecule has 0 radical (unpaired) electrons. The SMILES string of the molecule is COc1cccc(-c2onc(S(C)(=O)=O)c2C#N)c1. The average Bonchev–Trinajstić information content (AvgIpc) is 2.82. The van der Waals surface area contributed by atoms with Gasteiger partial charge in [-0.1, -0.05) is 17.3 Å². The van der Waals surface area contributed by atoms with Crippen LogP contribution < -0.4 is 4.74 Å². The lowest BCUT2D eigenvalue weighted by Crippen LogP contribution is -1.99. The molecule has 98 valence electrons.